The summed E-state index contributed by atoms with van der Waals surface area (Å²) in [7, 11) is 0. The maximum absolute atomic E-state index is 12.7. The molecule has 0 spiro atoms. The van der Waals surface area contributed by atoms with Crippen LogP contribution in [0.25, 0.3) is 0 Å². The van der Waals surface area contributed by atoms with E-state index in [-0.39, 0.29) is 11.8 Å². The molecular weight excluding hydrogens is 268 g/mol. The molecule has 1 aromatic heterocycles. The van der Waals surface area contributed by atoms with Gasteiger partial charge in [0.2, 0.25) is 0 Å². The van der Waals surface area contributed by atoms with Crippen molar-refractivity contribution in [3.05, 3.63) is 23.0 Å². The number of hydrogen-bond donors (Lipinski definition) is 1. The topological polar surface area (TPSA) is 62.5 Å². The lowest BCUT2D eigenvalue weighted by atomic mass is 9.99. The predicted molar refractivity (Wildman–Crippen MR) is 80.5 cm³/mol. The summed E-state index contributed by atoms with van der Waals surface area (Å²) < 4.78 is 2.14. The zero-order chi connectivity index (χ0) is 15.9. The highest BCUT2D eigenvalue weighted by atomic mass is 16.4. The number of likely N-dealkylation sites (tertiary alicyclic amines) is 1. The van der Waals surface area contributed by atoms with Crippen LogP contribution in [0, 0.1) is 25.7 Å². The Morgan fingerprint density at radius 3 is 2.33 bits per heavy atom. The predicted octanol–water partition coefficient (Wildman–Crippen LogP) is 2.48. The third-order valence-electron chi connectivity index (χ3n) is 4.45. The summed E-state index contributed by atoms with van der Waals surface area (Å²) in [5.41, 5.74) is 2.71. The van der Waals surface area contributed by atoms with E-state index in [0.717, 1.165) is 11.4 Å². The number of hydrogen-bond acceptors (Lipinski definition) is 2. The van der Waals surface area contributed by atoms with E-state index < -0.39 is 11.9 Å². The van der Waals surface area contributed by atoms with Gasteiger partial charge < -0.3 is 14.6 Å². The van der Waals surface area contributed by atoms with Gasteiger partial charge in [-0.3, -0.25) is 9.59 Å². The number of carboxylic acids is 1. The van der Waals surface area contributed by atoms with Gasteiger partial charge in [0.05, 0.1) is 11.5 Å². The number of carboxylic acid groups (broad SMARTS) is 1. The number of amides is 1. The van der Waals surface area contributed by atoms with Crippen LogP contribution in [-0.4, -0.2) is 39.5 Å². The molecule has 1 aliphatic heterocycles. The Hall–Kier alpha value is -1.78. The minimum atomic E-state index is -0.814. The summed E-state index contributed by atoms with van der Waals surface area (Å²) in [6.07, 6.45) is 0. The van der Waals surface area contributed by atoms with Gasteiger partial charge in [-0.1, -0.05) is 6.92 Å². The molecule has 0 aliphatic carbocycles. The SMILES string of the molecule is Cc1cc(C(=O)N2C[C@@H](C)[C@H](C(=O)O)C2)c(C)n1C(C)C. The molecular formula is C16H24N2O3. The second-order valence-corrected chi connectivity index (χ2v) is 6.38. The van der Waals surface area contributed by atoms with Crippen LogP contribution in [0.2, 0.25) is 0 Å². The third-order valence-corrected chi connectivity index (χ3v) is 4.45. The van der Waals surface area contributed by atoms with Gasteiger partial charge in [-0.2, -0.15) is 0 Å². The van der Waals surface area contributed by atoms with Crippen LogP contribution in [0.4, 0.5) is 0 Å². The summed E-state index contributed by atoms with van der Waals surface area (Å²) in [4.78, 5) is 25.6. The molecule has 0 bridgehead atoms. The second-order valence-electron chi connectivity index (χ2n) is 6.38. The van der Waals surface area contributed by atoms with E-state index in [9.17, 15) is 14.7 Å². The van der Waals surface area contributed by atoms with E-state index in [1.54, 1.807) is 4.90 Å². The first-order chi connectivity index (χ1) is 9.73. The molecule has 0 saturated carbocycles. The lowest BCUT2D eigenvalue weighted by Gasteiger charge is -2.17. The van der Waals surface area contributed by atoms with Gasteiger partial charge in [-0.25, -0.2) is 0 Å². The maximum Gasteiger partial charge on any atom is 0.308 e. The Kier molecular flexibility index (Phi) is 4.12. The van der Waals surface area contributed by atoms with Crippen molar-refractivity contribution in [1.82, 2.24) is 9.47 Å². The molecule has 0 radical (unpaired) electrons. The Morgan fingerprint density at radius 1 is 1.29 bits per heavy atom. The van der Waals surface area contributed by atoms with Crippen molar-refractivity contribution in [3.8, 4) is 0 Å². The number of nitrogens with zero attached hydrogens (tertiary/aromatic N) is 2. The van der Waals surface area contributed by atoms with E-state index in [1.807, 2.05) is 26.8 Å². The first-order valence-electron chi connectivity index (χ1n) is 7.44. The molecule has 5 heteroatoms. The molecule has 2 heterocycles. The van der Waals surface area contributed by atoms with E-state index >= 15 is 0 Å². The van der Waals surface area contributed by atoms with Crippen LogP contribution >= 0.6 is 0 Å². The van der Waals surface area contributed by atoms with Crippen molar-refractivity contribution in [3.63, 3.8) is 0 Å². The van der Waals surface area contributed by atoms with Crippen LogP contribution in [0.15, 0.2) is 6.07 Å². The fourth-order valence-electron chi connectivity index (χ4n) is 3.41. The minimum absolute atomic E-state index is 0.0000347. The van der Waals surface area contributed by atoms with Gasteiger partial charge in [0.15, 0.2) is 0 Å². The molecule has 1 amide bonds. The third kappa shape index (κ3) is 2.69. The van der Waals surface area contributed by atoms with Crippen LogP contribution in [0.5, 0.6) is 0 Å². The highest BCUT2D eigenvalue weighted by Crippen LogP contribution is 2.27. The van der Waals surface area contributed by atoms with Crippen molar-refractivity contribution in [2.45, 2.75) is 40.7 Å². The van der Waals surface area contributed by atoms with E-state index in [2.05, 4.69) is 18.4 Å². The molecule has 5 nitrogen and oxygen atoms in total. The average molecular weight is 292 g/mol. The molecule has 21 heavy (non-hydrogen) atoms. The fraction of sp³-hybridized carbons (Fsp3) is 0.625. The van der Waals surface area contributed by atoms with Gasteiger partial charge in [0.1, 0.15) is 0 Å². The van der Waals surface area contributed by atoms with Gasteiger partial charge in [-0.05, 0) is 39.7 Å². The molecule has 1 aromatic rings. The number of rotatable bonds is 3. The normalized spacial score (nSPS) is 22.1. The molecule has 2 atom stereocenters. The fourth-order valence-corrected chi connectivity index (χ4v) is 3.41. The molecule has 2 rings (SSSR count). The summed E-state index contributed by atoms with van der Waals surface area (Å²) in [6.45, 7) is 10.8. The smallest absolute Gasteiger partial charge is 0.308 e. The molecule has 1 fully saturated rings. The molecule has 1 saturated heterocycles. The van der Waals surface area contributed by atoms with Gasteiger partial charge in [-0.15, -0.1) is 0 Å². The van der Waals surface area contributed by atoms with Crippen LogP contribution in [0.1, 0.15) is 48.6 Å². The van der Waals surface area contributed by atoms with Crippen LogP contribution in [0.3, 0.4) is 0 Å². The first-order valence-corrected chi connectivity index (χ1v) is 7.44. The highest BCUT2D eigenvalue weighted by Gasteiger charge is 2.37. The maximum atomic E-state index is 12.7. The summed E-state index contributed by atoms with van der Waals surface area (Å²) in [5, 5.41) is 9.19. The number of aryl methyl sites for hydroxylation is 1. The Bertz CT molecular complexity index is 574. The number of aromatic nitrogens is 1. The number of aliphatic carboxylic acids is 1. The lowest BCUT2D eigenvalue weighted by Crippen LogP contribution is -2.30. The monoisotopic (exact) mass is 292 g/mol. The summed E-state index contributed by atoms with van der Waals surface area (Å²) in [6, 6.07) is 2.21. The zero-order valence-corrected chi connectivity index (χ0v) is 13.4. The quantitative estimate of drug-likeness (QED) is 0.931. The van der Waals surface area contributed by atoms with Gasteiger partial charge in [0, 0.05) is 30.5 Å². The zero-order valence-electron chi connectivity index (χ0n) is 13.4. The minimum Gasteiger partial charge on any atom is -0.481 e. The number of carbonyl (C=O) groups is 2. The number of carbonyl (C=O) groups excluding carboxylic acids is 1. The Morgan fingerprint density at radius 2 is 1.90 bits per heavy atom. The Balaban J connectivity index is 2.26. The average Bonchev–Trinajstić information content (AvgIpc) is 2.89. The summed E-state index contributed by atoms with van der Waals surface area (Å²) >= 11 is 0. The molecule has 1 N–H and O–H groups in total. The largest absolute Gasteiger partial charge is 0.481 e. The van der Waals surface area contributed by atoms with Gasteiger partial charge >= 0.3 is 5.97 Å². The highest BCUT2D eigenvalue weighted by molar-refractivity contribution is 5.96. The van der Waals surface area contributed by atoms with E-state index in [4.69, 9.17) is 0 Å². The van der Waals surface area contributed by atoms with Crippen molar-refractivity contribution < 1.29 is 14.7 Å². The van der Waals surface area contributed by atoms with Crippen LogP contribution < -0.4 is 0 Å². The molecule has 1 aliphatic rings. The standard InChI is InChI=1S/C16H24N2O3/c1-9(2)18-11(4)6-13(12(18)5)15(19)17-7-10(3)14(8-17)16(20)21/h6,9-10,14H,7-8H2,1-5H3,(H,20,21)/t10-,14-/m1/s1. The van der Waals surface area contributed by atoms with Crippen LogP contribution in [-0.2, 0) is 4.79 Å². The van der Waals surface area contributed by atoms with Crippen molar-refractivity contribution in [1.29, 1.82) is 0 Å². The van der Waals surface area contributed by atoms with Crippen molar-refractivity contribution in [2.75, 3.05) is 13.1 Å². The van der Waals surface area contributed by atoms with Crippen molar-refractivity contribution in [2.24, 2.45) is 11.8 Å². The summed E-state index contributed by atoms with van der Waals surface area (Å²) in [5.74, 6) is -1.32. The Labute approximate surface area is 125 Å². The van der Waals surface area contributed by atoms with E-state index in [0.29, 0.717) is 24.7 Å². The molecule has 0 aromatic carbocycles. The lowest BCUT2D eigenvalue weighted by molar-refractivity contribution is -0.142. The van der Waals surface area contributed by atoms with Crippen molar-refractivity contribution >= 4 is 11.9 Å². The first kappa shape index (κ1) is 15.6. The molecule has 116 valence electrons. The van der Waals surface area contributed by atoms with E-state index in [1.165, 1.54) is 0 Å². The molecule has 0 unspecified atom stereocenters. The second kappa shape index (κ2) is 5.54. The van der Waals surface area contributed by atoms with Gasteiger partial charge in [0.25, 0.3) is 5.91 Å².